The SMILES string of the molecule is CC.CC.c1ccc(Nc2nc3nonc3nc2Nc2ccccc2)cc1. The molecule has 27 heavy (non-hydrogen) atoms. The number of nitrogens with zero attached hydrogens (tertiary/aromatic N) is 4. The molecule has 0 spiro atoms. The topological polar surface area (TPSA) is 88.8 Å². The lowest BCUT2D eigenvalue weighted by Crippen LogP contribution is -2.03. The predicted octanol–water partition coefficient (Wildman–Crippen LogP) is 5.55. The number of hydrogen-bond acceptors (Lipinski definition) is 7. The van der Waals surface area contributed by atoms with Crippen molar-refractivity contribution in [2.75, 3.05) is 10.6 Å². The van der Waals surface area contributed by atoms with Gasteiger partial charge in [-0.2, -0.15) is 0 Å². The van der Waals surface area contributed by atoms with Crippen LogP contribution in [0.15, 0.2) is 65.3 Å². The Hall–Kier alpha value is -3.48. The minimum absolute atomic E-state index is 0.349. The highest BCUT2D eigenvalue weighted by Gasteiger charge is 2.13. The van der Waals surface area contributed by atoms with Crippen LogP contribution in [0.2, 0.25) is 0 Å². The summed E-state index contributed by atoms with van der Waals surface area (Å²) in [6, 6.07) is 19.4. The lowest BCUT2D eigenvalue weighted by molar-refractivity contribution is 0.314. The van der Waals surface area contributed by atoms with Crippen LogP contribution in [0, 0.1) is 0 Å². The molecule has 0 atom stereocenters. The zero-order chi connectivity index (χ0) is 19.5. The number of fused-ring (bicyclic) bond motifs is 1. The van der Waals surface area contributed by atoms with Crippen molar-refractivity contribution in [3.8, 4) is 0 Å². The summed E-state index contributed by atoms with van der Waals surface area (Å²) in [6.07, 6.45) is 0. The van der Waals surface area contributed by atoms with Gasteiger partial charge < -0.3 is 10.6 Å². The van der Waals surface area contributed by atoms with Gasteiger partial charge in [0.2, 0.25) is 11.3 Å². The van der Waals surface area contributed by atoms with E-state index in [0.717, 1.165) is 11.4 Å². The number of nitrogens with one attached hydrogen (secondary N) is 2. The number of aromatic nitrogens is 4. The molecule has 2 N–H and O–H groups in total. The first-order chi connectivity index (χ1) is 13.4. The highest BCUT2D eigenvalue weighted by Crippen LogP contribution is 2.26. The molecule has 2 aromatic heterocycles. The molecule has 0 aliphatic carbocycles. The number of benzene rings is 2. The van der Waals surface area contributed by atoms with Crippen molar-refractivity contribution in [2.45, 2.75) is 27.7 Å². The van der Waals surface area contributed by atoms with E-state index in [9.17, 15) is 0 Å². The molecule has 0 aliphatic heterocycles. The second-order valence-electron chi connectivity index (χ2n) is 4.81. The van der Waals surface area contributed by atoms with Crippen LogP contribution < -0.4 is 10.6 Å². The average Bonchev–Trinajstić information content (AvgIpc) is 3.20. The minimum atomic E-state index is 0.349. The minimum Gasteiger partial charge on any atom is -0.337 e. The molecule has 0 saturated heterocycles. The van der Waals surface area contributed by atoms with E-state index in [4.69, 9.17) is 4.63 Å². The van der Waals surface area contributed by atoms with Gasteiger partial charge >= 0.3 is 0 Å². The Balaban J connectivity index is 0.000000614. The van der Waals surface area contributed by atoms with Gasteiger partial charge in [-0.05, 0) is 34.6 Å². The van der Waals surface area contributed by atoms with Gasteiger partial charge in [-0.3, -0.25) is 0 Å². The first kappa shape index (κ1) is 19.8. The predicted molar refractivity (Wildman–Crippen MR) is 110 cm³/mol. The van der Waals surface area contributed by atoms with Gasteiger partial charge in [0.25, 0.3) is 0 Å². The maximum absolute atomic E-state index is 4.69. The van der Waals surface area contributed by atoms with Crippen molar-refractivity contribution in [3.63, 3.8) is 0 Å². The van der Waals surface area contributed by atoms with E-state index in [1.54, 1.807) is 0 Å². The highest BCUT2D eigenvalue weighted by atomic mass is 16.6. The second kappa shape index (κ2) is 10.5. The zero-order valence-electron chi connectivity index (χ0n) is 16.0. The van der Waals surface area contributed by atoms with Crippen LogP contribution >= 0.6 is 0 Å². The zero-order valence-corrected chi connectivity index (χ0v) is 16.0. The van der Waals surface area contributed by atoms with Gasteiger partial charge in [0, 0.05) is 11.4 Å². The summed E-state index contributed by atoms with van der Waals surface area (Å²) in [7, 11) is 0. The van der Waals surface area contributed by atoms with Gasteiger partial charge in [-0.1, -0.05) is 64.1 Å². The first-order valence-electron chi connectivity index (χ1n) is 9.03. The Bertz CT molecular complexity index is 850. The molecule has 140 valence electrons. The van der Waals surface area contributed by atoms with Gasteiger partial charge in [-0.15, -0.1) is 0 Å². The van der Waals surface area contributed by atoms with Gasteiger partial charge in [-0.25, -0.2) is 14.6 Å². The summed E-state index contributed by atoms with van der Waals surface area (Å²) < 4.78 is 4.69. The van der Waals surface area contributed by atoms with E-state index >= 15 is 0 Å². The van der Waals surface area contributed by atoms with Crippen LogP contribution in [0.5, 0.6) is 0 Å². The van der Waals surface area contributed by atoms with E-state index in [-0.39, 0.29) is 0 Å². The van der Waals surface area contributed by atoms with Crippen molar-refractivity contribution in [2.24, 2.45) is 0 Å². The first-order valence-corrected chi connectivity index (χ1v) is 9.03. The van der Waals surface area contributed by atoms with E-state index in [1.807, 2.05) is 88.4 Å². The molecule has 0 fully saturated rings. The van der Waals surface area contributed by atoms with Crippen molar-refractivity contribution in [3.05, 3.63) is 60.7 Å². The Labute approximate surface area is 158 Å². The summed E-state index contributed by atoms with van der Waals surface area (Å²) >= 11 is 0. The molecule has 0 unspecified atom stereocenters. The van der Waals surface area contributed by atoms with Crippen LogP contribution in [0.1, 0.15) is 27.7 Å². The fourth-order valence-corrected chi connectivity index (χ4v) is 2.13. The molecule has 0 amide bonds. The quantitative estimate of drug-likeness (QED) is 0.490. The molecule has 0 saturated carbocycles. The number of rotatable bonds is 4. The summed E-state index contributed by atoms with van der Waals surface area (Å²) in [4.78, 5) is 8.85. The number of para-hydroxylation sites is 2. The van der Waals surface area contributed by atoms with Crippen molar-refractivity contribution >= 4 is 34.3 Å². The second-order valence-corrected chi connectivity index (χ2v) is 4.81. The van der Waals surface area contributed by atoms with Crippen molar-refractivity contribution in [1.29, 1.82) is 0 Å². The molecule has 0 radical (unpaired) electrons. The summed E-state index contributed by atoms with van der Waals surface area (Å²) in [5.74, 6) is 1.09. The molecule has 0 aliphatic rings. The highest BCUT2D eigenvalue weighted by molar-refractivity contribution is 5.78. The number of anilines is 4. The van der Waals surface area contributed by atoms with Crippen LogP contribution in [-0.2, 0) is 0 Å². The average molecular weight is 364 g/mol. The van der Waals surface area contributed by atoms with Crippen LogP contribution in [0.25, 0.3) is 11.3 Å². The van der Waals surface area contributed by atoms with Gasteiger partial charge in [0.1, 0.15) is 0 Å². The smallest absolute Gasteiger partial charge is 0.245 e. The molecular weight excluding hydrogens is 340 g/mol. The standard InChI is InChI=1S/C16H12N6O.2C2H6/c1-3-7-11(8-4-1)17-13-14(18-12-9-5-2-6-10-12)20-16-15(19-13)21-23-22-16;2*1-2/h1-10H,(H,17,19,21)(H,18,20,22);2*1-2H3. The normalized spacial score (nSPS) is 9.48. The molecule has 4 rings (SSSR count). The molecular formula is C20H24N6O. The Morgan fingerprint density at radius 3 is 1.33 bits per heavy atom. The van der Waals surface area contributed by atoms with Crippen molar-refractivity contribution < 1.29 is 4.63 Å². The Morgan fingerprint density at radius 1 is 0.593 bits per heavy atom. The third kappa shape index (κ3) is 5.24. The number of hydrogen-bond donors (Lipinski definition) is 2. The maximum atomic E-state index is 4.69. The van der Waals surface area contributed by atoms with E-state index < -0.39 is 0 Å². The molecule has 7 heteroatoms. The molecule has 2 aromatic carbocycles. The lowest BCUT2D eigenvalue weighted by Gasteiger charge is -2.11. The molecule has 7 nitrogen and oxygen atoms in total. The largest absolute Gasteiger partial charge is 0.337 e. The maximum Gasteiger partial charge on any atom is 0.245 e. The third-order valence-corrected chi connectivity index (χ3v) is 3.19. The van der Waals surface area contributed by atoms with Gasteiger partial charge in [0.05, 0.1) is 0 Å². The molecule has 2 heterocycles. The third-order valence-electron chi connectivity index (χ3n) is 3.19. The monoisotopic (exact) mass is 364 g/mol. The van der Waals surface area contributed by atoms with Crippen molar-refractivity contribution in [1.82, 2.24) is 20.3 Å². The summed E-state index contributed by atoms with van der Waals surface area (Å²) in [6.45, 7) is 8.00. The van der Waals surface area contributed by atoms with E-state index in [1.165, 1.54) is 0 Å². The van der Waals surface area contributed by atoms with E-state index in [0.29, 0.717) is 22.9 Å². The summed E-state index contributed by atoms with van der Waals surface area (Å²) in [5, 5.41) is 13.9. The molecule has 0 bridgehead atoms. The summed E-state index contributed by atoms with van der Waals surface area (Å²) in [5.41, 5.74) is 2.49. The van der Waals surface area contributed by atoms with Gasteiger partial charge in [0.15, 0.2) is 11.6 Å². The lowest BCUT2D eigenvalue weighted by atomic mass is 10.3. The van der Waals surface area contributed by atoms with Crippen LogP contribution in [0.4, 0.5) is 23.0 Å². The Morgan fingerprint density at radius 2 is 0.963 bits per heavy atom. The molecule has 4 aromatic rings. The van der Waals surface area contributed by atoms with Crippen LogP contribution in [0.3, 0.4) is 0 Å². The Kier molecular flexibility index (Phi) is 7.71. The fraction of sp³-hybridized carbons (Fsp3) is 0.200. The van der Waals surface area contributed by atoms with E-state index in [2.05, 4.69) is 30.9 Å². The van der Waals surface area contributed by atoms with Crippen LogP contribution in [-0.4, -0.2) is 20.3 Å². The fourth-order valence-electron chi connectivity index (χ4n) is 2.13.